The summed E-state index contributed by atoms with van der Waals surface area (Å²) >= 11 is 0. The van der Waals surface area contributed by atoms with E-state index in [2.05, 4.69) is 0 Å². The van der Waals surface area contributed by atoms with Gasteiger partial charge >= 0.3 is 0 Å². The highest BCUT2D eigenvalue weighted by molar-refractivity contribution is 5.99. The molecule has 106 valence electrons. The lowest BCUT2D eigenvalue weighted by atomic mass is 10.1. The number of carbonyl (C=O) groups excluding carboxylic acids is 1. The monoisotopic (exact) mass is 277 g/mol. The molecule has 0 radical (unpaired) electrons. The number of nitrogens with one attached hydrogen (secondary N) is 1. The molecule has 0 atom stereocenters. The summed E-state index contributed by atoms with van der Waals surface area (Å²) in [5.74, 6) is 3.51. The van der Waals surface area contributed by atoms with Crippen LogP contribution in [0.3, 0.4) is 0 Å². The number of alkyl halides is 2. The number of anilines is 1. The van der Waals surface area contributed by atoms with Crippen LogP contribution in [-0.4, -0.2) is 42.0 Å². The normalized spacial score (nSPS) is 10.6. The van der Waals surface area contributed by atoms with Crippen molar-refractivity contribution >= 4 is 11.6 Å². The van der Waals surface area contributed by atoms with Crippen molar-refractivity contribution in [2.75, 3.05) is 25.1 Å². The summed E-state index contributed by atoms with van der Waals surface area (Å²) in [5, 5.41) is 8.77. The van der Waals surface area contributed by atoms with E-state index in [0.29, 0.717) is 0 Å². The van der Waals surface area contributed by atoms with Crippen LogP contribution in [0.2, 0.25) is 0 Å². The number of aliphatic hydroxyl groups is 1. The van der Waals surface area contributed by atoms with Gasteiger partial charge in [-0.05, 0) is 12.1 Å². The Hall–Kier alpha value is -1.80. The topological polar surface area (TPSA) is 78.6 Å². The number of para-hydroxylation sites is 1. The van der Waals surface area contributed by atoms with E-state index in [1.807, 2.05) is 5.43 Å². The Bertz CT molecular complexity index is 443. The number of nitrogens with two attached hydrogens (primary N) is 1. The average molecular weight is 277 g/mol. The summed E-state index contributed by atoms with van der Waals surface area (Å²) in [6, 6.07) is 3.61. The van der Waals surface area contributed by atoms with Crippen molar-refractivity contribution in [1.29, 1.82) is 0 Å². The van der Waals surface area contributed by atoms with Crippen molar-refractivity contribution in [3.63, 3.8) is 0 Å². The average Bonchev–Trinajstić information content (AvgIpc) is 2.36. The predicted molar refractivity (Wildman–Crippen MR) is 63.2 cm³/mol. The van der Waals surface area contributed by atoms with Gasteiger partial charge in [0.25, 0.3) is 12.3 Å². The zero-order chi connectivity index (χ0) is 14.4. The number of rotatable bonds is 6. The van der Waals surface area contributed by atoms with Gasteiger partial charge in [0, 0.05) is 6.54 Å². The number of benzene rings is 1. The molecule has 0 heterocycles. The van der Waals surface area contributed by atoms with Gasteiger partial charge in [-0.1, -0.05) is 6.07 Å². The fraction of sp³-hybridized carbons (Fsp3) is 0.364. The minimum absolute atomic E-state index is 0.170. The van der Waals surface area contributed by atoms with Gasteiger partial charge in [0.15, 0.2) is 0 Å². The number of hydrogen-bond acceptors (Lipinski definition) is 4. The van der Waals surface area contributed by atoms with Crippen LogP contribution in [-0.2, 0) is 0 Å². The Labute approximate surface area is 107 Å². The number of amides is 1. The van der Waals surface area contributed by atoms with Gasteiger partial charge in [-0.15, -0.1) is 0 Å². The number of nitrogens with zero attached hydrogens (tertiary/aromatic N) is 1. The molecule has 1 amide bonds. The molecule has 0 unspecified atom stereocenters. The first kappa shape index (κ1) is 15.3. The lowest BCUT2D eigenvalue weighted by Crippen LogP contribution is -2.37. The number of halogens is 3. The Balaban J connectivity index is 3.05. The van der Waals surface area contributed by atoms with Crippen molar-refractivity contribution in [3.8, 4) is 0 Å². The molecule has 5 nitrogen and oxygen atoms in total. The number of hydrazine groups is 1. The largest absolute Gasteiger partial charge is 0.395 e. The number of hydrogen-bond donors (Lipinski definition) is 3. The minimum atomic E-state index is -2.75. The third-order valence-electron chi connectivity index (χ3n) is 2.40. The van der Waals surface area contributed by atoms with E-state index in [-0.39, 0.29) is 17.8 Å². The summed E-state index contributed by atoms with van der Waals surface area (Å²) < 4.78 is 38.1. The van der Waals surface area contributed by atoms with Crippen molar-refractivity contribution in [2.24, 2.45) is 5.84 Å². The molecule has 0 saturated heterocycles. The first-order valence-electron chi connectivity index (χ1n) is 5.44. The third kappa shape index (κ3) is 3.83. The third-order valence-corrected chi connectivity index (χ3v) is 2.40. The summed E-state index contributed by atoms with van der Waals surface area (Å²) in [7, 11) is 0. The van der Waals surface area contributed by atoms with E-state index in [9.17, 15) is 18.0 Å². The summed E-state index contributed by atoms with van der Waals surface area (Å²) in [6.07, 6.45) is -2.75. The molecule has 1 aromatic carbocycles. The Morgan fingerprint density at radius 2 is 2.16 bits per heavy atom. The quantitative estimate of drug-likeness (QED) is 0.531. The van der Waals surface area contributed by atoms with Gasteiger partial charge in [-0.3, -0.25) is 10.6 Å². The maximum absolute atomic E-state index is 13.4. The van der Waals surface area contributed by atoms with E-state index >= 15 is 0 Å². The number of carbonyl (C=O) groups is 1. The molecule has 0 aliphatic heterocycles. The molecule has 0 aliphatic rings. The molecule has 0 saturated carbocycles. The SMILES string of the molecule is NNc1c(F)cccc1C(=O)N(CCO)CC(F)F. The first-order chi connectivity index (χ1) is 9.01. The predicted octanol–water partition coefficient (Wildman–Crippen LogP) is 0.811. The molecule has 4 N–H and O–H groups in total. The molecule has 1 aromatic rings. The van der Waals surface area contributed by atoms with Crippen molar-refractivity contribution in [3.05, 3.63) is 29.6 Å². The van der Waals surface area contributed by atoms with Crippen LogP contribution in [0.25, 0.3) is 0 Å². The van der Waals surface area contributed by atoms with Crippen LogP contribution >= 0.6 is 0 Å². The lowest BCUT2D eigenvalue weighted by Gasteiger charge is -2.22. The standard InChI is InChI=1S/C11H14F3N3O2/c12-8-3-1-2-7(10(8)16-15)11(19)17(4-5-18)6-9(13)14/h1-3,9,16,18H,4-6,15H2. The van der Waals surface area contributed by atoms with Gasteiger partial charge in [-0.2, -0.15) is 0 Å². The molecule has 0 aliphatic carbocycles. The fourth-order valence-corrected chi connectivity index (χ4v) is 1.58. The Kier molecular flexibility index (Phi) is 5.58. The molecule has 0 spiro atoms. The van der Waals surface area contributed by atoms with Crippen LogP contribution in [0.5, 0.6) is 0 Å². The molecular weight excluding hydrogens is 263 g/mol. The fourth-order valence-electron chi connectivity index (χ4n) is 1.58. The highest BCUT2D eigenvalue weighted by Crippen LogP contribution is 2.20. The van der Waals surface area contributed by atoms with Crippen LogP contribution < -0.4 is 11.3 Å². The van der Waals surface area contributed by atoms with Crippen LogP contribution in [0.1, 0.15) is 10.4 Å². The van der Waals surface area contributed by atoms with Crippen LogP contribution in [0.4, 0.5) is 18.9 Å². The highest BCUT2D eigenvalue weighted by Gasteiger charge is 2.22. The zero-order valence-electron chi connectivity index (χ0n) is 9.94. The molecule has 0 bridgehead atoms. The van der Waals surface area contributed by atoms with Gasteiger partial charge in [-0.25, -0.2) is 13.2 Å². The van der Waals surface area contributed by atoms with E-state index < -0.39 is 31.3 Å². The molecule has 0 aromatic heterocycles. The second-order valence-electron chi connectivity index (χ2n) is 3.67. The number of nitrogen functional groups attached to an aromatic ring is 1. The van der Waals surface area contributed by atoms with E-state index in [4.69, 9.17) is 10.9 Å². The van der Waals surface area contributed by atoms with E-state index in [0.717, 1.165) is 11.0 Å². The summed E-state index contributed by atoms with van der Waals surface area (Å²) in [6.45, 7) is -1.59. The van der Waals surface area contributed by atoms with Gasteiger partial charge in [0.05, 0.1) is 24.4 Å². The Morgan fingerprint density at radius 3 is 2.68 bits per heavy atom. The molecular formula is C11H14F3N3O2. The van der Waals surface area contributed by atoms with Crippen molar-refractivity contribution in [1.82, 2.24) is 4.90 Å². The lowest BCUT2D eigenvalue weighted by molar-refractivity contribution is 0.0509. The van der Waals surface area contributed by atoms with Crippen LogP contribution in [0, 0.1) is 5.82 Å². The maximum atomic E-state index is 13.4. The molecule has 1 rings (SSSR count). The van der Waals surface area contributed by atoms with E-state index in [1.54, 1.807) is 0 Å². The van der Waals surface area contributed by atoms with Crippen molar-refractivity contribution in [2.45, 2.75) is 6.43 Å². The van der Waals surface area contributed by atoms with Gasteiger partial charge in [0.2, 0.25) is 0 Å². The van der Waals surface area contributed by atoms with Gasteiger partial charge in [0.1, 0.15) is 5.82 Å². The molecule has 19 heavy (non-hydrogen) atoms. The highest BCUT2D eigenvalue weighted by atomic mass is 19.3. The zero-order valence-corrected chi connectivity index (χ0v) is 9.94. The van der Waals surface area contributed by atoms with Crippen LogP contribution in [0.15, 0.2) is 18.2 Å². The Morgan fingerprint density at radius 1 is 1.47 bits per heavy atom. The van der Waals surface area contributed by atoms with Gasteiger partial charge < -0.3 is 15.4 Å². The second-order valence-corrected chi connectivity index (χ2v) is 3.67. The smallest absolute Gasteiger partial charge is 0.256 e. The summed E-state index contributed by atoms with van der Waals surface area (Å²) in [5.41, 5.74) is 1.58. The minimum Gasteiger partial charge on any atom is -0.395 e. The van der Waals surface area contributed by atoms with Crippen molar-refractivity contribution < 1.29 is 23.1 Å². The second kappa shape index (κ2) is 6.95. The first-order valence-corrected chi connectivity index (χ1v) is 5.44. The van der Waals surface area contributed by atoms with E-state index in [1.165, 1.54) is 12.1 Å². The number of aliphatic hydroxyl groups excluding tert-OH is 1. The molecule has 0 fully saturated rings. The molecule has 8 heteroatoms. The maximum Gasteiger partial charge on any atom is 0.256 e. The summed E-state index contributed by atoms with van der Waals surface area (Å²) in [4.78, 5) is 12.8.